The summed E-state index contributed by atoms with van der Waals surface area (Å²) < 4.78 is 12.0. The Bertz CT molecular complexity index is 648. The van der Waals surface area contributed by atoms with E-state index in [-0.39, 0.29) is 12.5 Å². The lowest BCUT2D eigenvalue weighted by Gasteiger charge is -2.05. The van der Waals surface area contributed by atoms with Crippen LogP contribution in [0.3, 0.4) is 0 Å². The van der Waals surface area contributed by atoms with Crippen molar-refractivity contribution < 1.29 is 13.9 Å². The molecule has 0 aliphatic rings. The number of hydrogen-bond donors (Lipinski definition) is 1. The van der Waals surface area contributed by atoms with Crippen LogP contribution >= 0.6 is 31.9 Å². The largest absolute Gasteiger partial charge is 0.484 e. The van der Waals surface area contributed by atoms with Gasteiger partial charge in [-0.2, -0.15) is 5.10 Å². The minimum atomic E-state index is -0.350. The van der Waals surface area contributed by atoms with E-state index in [1.54, 1.807) is 12.1 Å². The Balaban J connectivity index is 1.79. The van der Waals surface area contributed by atoms with Crippen molar-refractivity contribution in [3.05, 3.63) is 50.8 Å². The molecule has 0 unspecified atom stereocenters. The Morgan fingerprint density at radius 2 is 2.24 bits per heavy atom. The smallest absolute Gasteiger partial charge is 0.277 e. The first-order chi connectivity index (χ1) is 10.0. The molecule has 1 amide bonds. The summed E-state index contributed by atoms with van der Waals surface area (Å²) in [6.45, 7) is 1.85. The molecule has 0 aliphatic carbocycles. The molecule has 110 valence electrons. The average molecular weight is 416 g/mol. The van der Waals surface area contributed by atoms with Crippen molar-refractivity contribution in [2.45, 2.75) is 6.92 Å². The van der Waals surface area contributed by atoms with E-state index in [9.17, 15) is 4.79 Å². The van der Waals surface area contributed by atoms with Crippen molar-refractivity contribution in [2.24, 2.45) is 5.10 Å². The van der Waals surface area contributed by atoms with Gasteiger partial charge in [0.15, 0.2) is 11.3 Å². The Morgan fingerprint density at radius 1 is 1.43 bits per heavy atom. The summed E-state index contributed by atoms with van der Waals surface area (Å²) in [6, 6.07) is 9.20. The van der Waals surface area contributed by atoms with Crippen molar-refractivity contribution in [1.29, 1.82) is 0 Å². The Morgan fingerprint density at radius 3 is 2.90 bits per heavy atom. The zero-order valence-corrected chi connectivity index (χ0v) is 14.3. The average Bonchev–Trinajstić information content (AvgIpc) is 2.75. The summed E-state index contributed by atoms with van der Waals surface area (Å²) in [5, 5.41) is 3.79. The summed E-state index contributed by atoms with van der Waals surface area (Å²) in [4.78, 5) is 11.6. The lowest BCUT2D eigenvalue weighted by molar-refractivity contribution is -0.123. The number of aryl methyl sites for hydroxylation is 1. The van der Waals surface area contributed by atoms with Crippen LogP contribution in [0.25, 0.3) is 0 Å². The monoisotopic (exact) mass is 414 g/mol. The zero-order valence-electron chi connectivity index (χ0n) is 11.1. The number of halogens is 2. The molecule has 0 fully saturated rings. The van der Waals surface area contributed by atoms with Gasteiger partial charge in [0.05, 0.1) is 10.7 Å². The predicted octanol–water partition coefficient (Wildman–Crippen LogP) is 3.64. The minimum absolute atomic E-state index is 0.105. The third-order valence-electron chi connectivity index (χ3n) is 2.40. The van der Waals surface area contributed by atoms with E-state index in [0.717, 1.165) is 10.0 Å². The minimum Gasteiger partial charge on any atom is -0.484 e. The first kappa shape index (κ1) is 15.8. The number of ether oxygens (including phenoxy) is 1. The highest BCUT2D eigenvalue weighted by molar-refractivity contribution is 9.13. The second-order valence-corrected chi connectivity index (χ2v) is 5.74. The topological polar surface area (TPSA) is 63.8 Å². The molecule has 1 N–H and O–H groups in total. The van der Waals surface area contributed by atoms with Gasteiger partial charge in [0.25, 0.3) is 5.91 Å². The van der Waals surface area contributed by atoms with Gasteiger partial charge in [-0.15, -0.1) is 0 Å². The highest BCUT2D eigenvalue weighted by Gasteiger charge is 2.04. The molecule has 0 radical (unpaired) electrons. The fraction of sp³-hybridized carbons (Fsp3) is 0.143. The zero-order chi connectivity index (χ0) is 15.2. The van der Waals surface area contributed by atoms with Crippen LogP contribution < -0.4 is 10.2 Å². The SMILES string of the molecule is Cc1cccc(OCC(=O)N/N=C/c2cc(Br)c(Br)o2)c1. The number of carbonyl (C=O) groups is 1. The molecule has 1 aromatic carbocycles. The van der Waals surface area contributed by atoms with Crippen molar-refractivity contribution in [1.82, 2.24) is 5.43 Å². The molecule has 1 aromatic heterocycles. The van der Waals surface area contributed by atoms with E-state index in [2.05, 4.69) is 42.4 Å². The van der Waals surface area contributed by atoms with E-state index < -0.39 is 0 Å². The van der Waals surface area contributed by atoms with Gasteiger partial charge in [-0.05, 0) is 56.5 Å². The number of hydrogen-bond acceptors (Lipinski definition) is 4. The second kappa shape index (κ2) is 7.42. The summed E-state index contributed by atoms with van der Waals surface area (Å²) in [5.41, 5.74) is 3.43. The molecule has 1 heterocycles. The quantitative estimate of drug-likeness (QED) is 0.598. The molecule has 2 rings (SSSR count). The molecular formula is C14H12Br2N2O3. The molecule has 0 spiro atoms. The molecule has 0 bridgehead atoms. The highest BCUT2D eigenvalue weighted by Crippen LogP contribution is 2.25. The molecule has 21 heavy (non-hydrogen) atoms. The lowest BCUT2D eigenvalue weighted by atomic mass is 10.2. The highest BCUT2D eigenvalue weighted by atomic mass is 79.9. The maximum Gasteiger partial charge on any atom is 0.277 e. The molecule has 5 nitrogen and oxygen atoms in total. The fourth-order valence-corrected chi connectivity index (χ4v) is 2.09. The van der Waals surface area contributed by atoms with Crippen LogP contribution in [0.15, 0.2) is 49.0 Å². The van der Waals surface area contributed by atoms with Crippen LogP contribution in [0.5, 0.6) is 5.75 Å². The molecule has 0 saturated carbocycles. The van der Waals surface area contributed by atoms with E-state index in [1.165, 1.54) is 6.21 Å². The maximum absolute atomic E-state index is 11.6. The van der Waals surface area contributed by atoms with Crippen molar-refractivity contribution in [3.8, 4) is 5.75 Å². The van der Waals surface area contributed by atoms with E-state index >= 15 is 0 Å². The van der Waals surface area contributed by atoms with Crippen LogP contribution in [0.1, 0.15) is 11.3 Å². The van der Waals surface area contributed by atoms with Crippen LogP contribution in [0.4, 0.5) is 0 Å². The Kier molecular flexibility index (Phi) is 5.58. The fourth-order valence-electron chi connectivity index (χ4n) is 1.48. The lowest BCUT2D eigenvalue weighted by Crippen LogP contribution is -2.24. The summed E-state index contributed by atoms with van der Waals surface area (Å²) in [5.74, 6) is 0.805. The molecule has 0 saturated heterocycles. The van der Waals surface area contributed by atoms with Gasteiger partial charge in [0.2, 0.25) is 0 Å². The number of nitrogens with zero attached hydrogens (tertiary/aromatic N) is 1. The molecule has 0 atom stereocenters. The van der Waals surface area contributed by atoms with Gasteiger partial charge in [-0.25, -0.2) is 5.43 Å². The van der Waals surface area contributed by atoms with E-state index in [1.807, 2.05) is 25.1 Å². The number of nitrogens with one attached hydrogen (secondary N) is 1. The normalized spacial score (nSPS) is 10.8. The molecule has 7 heteroatoms. The van der Waals surface area contributed by atoms with Crippen LogP contribution in [-0.2, 0) is 4.79 Å². The third kappa shape index (κ3) is 5.02. The number of hydrazone groups is 1. The second-order valence-electron chi connectivity index (χ2n) is 4.17. The van der Waals surface area contributed by atoms with Gasteiger partial charge in [0.1, 0.15) is 11.5 Å². The van der Waals surface area contributed by atoms with Crippen molar-refractivity contribution >= 4 is 44.0 Å². The van der Waals surface area contributed by atoms with E-state index in [0.29, 0.717) is 16.2 Å². The van der Waals surface area contributed by atoms with Gasteiger partial charge >= 0.3 is 0 Å². The number of furan rings is 1. The number of rotatable bonds is 5. The Hall–Kier alpha value is -1.60. The van der Waals surface area contributed by atoms with Crippen LogP contribution in [0, 0.1) is 6.92 Å². The van der Waals surface area contributed by atoms with Crippen molar-refractivity contribution in [3.63, 3.8) is 0 Å². The third-order valence-corrected chi connectivity index (χ3v) is 4.11. The maximum atomic E-state index is 11.6. The molecule has 0 aliphatic heterocycles. The van der Waals surface area contributed by atoms with Gasteiger partial charge in [-0.3, -0.25) is 4.79 Å². The van der Waals surface area contributed by atoms with Gasteiger partial charge in [-0.1, -0.05) is 12.1 Å². The number of amides is 1. The van der Waals surface area contributed by atoms with Gasteiger partial charge < -0.3 is 9.15 Å². The Labute approximate surface area is 138 Å². The summed E-state index contributed by atoms with van der Waals surface area (Å²) >= 11 is 6.49. The summed E-state index contributed by atoms with van der Waals surface area (Å²) in [7, 11) is 0. The van der Waals surface area contributed by atoms with Crippen molar-refractivity contribution in [2.75, 3.05) is 6.61 Å². The van der Waals surface area contributed by atoms with Gasteiger partial charge in [0, 0.05) is 6.07 Å². The first-order valence-electron chi connectivity index (χ1n) is 6.01. The van der Waals surface area contributed by atoms with E-state index in [4.69, 9.17) is 9.15 Å². The first-order valence-corrected chi connectivity index (χ1v) is 7.59. The predicted molar refractivity (Wildman–Crippen MR) is 86.5 cm³/mol. The van der Waals surface area contributed by atoms with Crippen LogP contribution in [-0.4, -0.2) is 18.7 Å². The number of benzene rings is 1. The number of carbonyl (C=O) groups excluding carboxylic acids is 1. The summed E-state index contributed by atoms with van der Waals surface area (Å²) in [6.07, 6.45) is 1.40. The molecular weight excluding hydrogens is 404 g/mol. The van der Waals surface area contributed by atoms with Crippen LogP contribution in [0.2, 0.25) is 0 Å². The standard InChI is InChI=1S/C14H12Br2N2O3/c1-9-3-2-4-10(5-9)20-8-13(19)18-17-7-11-6-12(15)14(16)21-11/h2-7H,8H2,1H3,(H,18,19)/b17-7+. The molecule has 2 aromatic rings.